The standard InChI is InChI=1S/C12H15BrO3/c13-11-4-2-1-3-9(11)7-10(14)8-12-15-5-6-16-12/h1-4,10,12,14H,5-8H2. The Morgan fingerprint density at radius 1 is 1.31 bits per heavy atom. The van der Waals surface area contributed by atoms with E-state index >= 15 is 0 Å². The van der Waals surface area contributed by atoms with Crippen LogP contribution >= 0.6 is 15.9 Å². The Morgan fingerprint density at radius 3 is 2.69 bits per heavy atom. The zero-order valence-corrected chi connectivity index (χ0v) is 10.5. The number of halogens is 1. The van der Waals surface area contributed by atoms with Crippen LogP contribution in [0.4, 0.5) is 0 Å². The number of hydrogen-bond acceptors (Lipinski definition) is 3. The van der Waals surface area contributed by atoms with Gasteiger partial charge in [-0.05, 0) is 18.1 Å². The lowest BCUT2D eigenvalue weighted by Gasteiger charge is -2.15. The molecule has 1 aromatic rings. The zero-order chi connectivity index (χ0) is 11.4. The van der Waals surface area contributed by atoms with Gasteiger partial charge in [0.15, 0.2) is 6.29 Å². The first-order chi connectivity index (χ1) is 7.75. The van der Waals surface area contributed by atoms with Crippen LogP contribution in [0, 0.1) is 0 Å². The summed E-state index contributed by atoms with van der Waals surface area (Å²) in [6.07, 6.45) is 0.477. The van der Waals surface area contributed by atoms with Crippen molar-refractivity contribution in [2.75, 3.05) is 13.2 Å². The lowest BCUT2D eigenvalue weighted by Crippen LogP contribution is -2.20. The minimum absolute atomic E-state index is 0.238. The molecule has 1 aliphatic heterocycles. The van der Waals surface area contributed by atoms with Crippen LogP contribution in [-0.4, -0.2) is 30.7 Å². The van der Waals surface area contributed by atoms with Crippen molar-refractivity contribution >= 4 is 15.9 Å². The highest BCUT2D eigenvalue weighted by Gasteiger charge is 2.20. The second kappa shape index (κ2) is 5.77. The predicted octanol–water partition coefficient (Wildman–Crippen LogP) is 2.12. The van der Waals surface area contributed by atoms with E-state index in [-0.39, 0.29) is 6.29 Å². The van der Waals surface area contributed by atoms with Gasteiger partial charge in [-0.3, -0.25) is 0 Å². The number of rotatable bonds is 4. The van der Waals surface area contributed by atoms with E-state index in [1.165, 1.54) is 0 Å². The van der Waals surface area contributed by atoms with Crippen LogP contribution in [0.25, 0.3) is 0 Å². The summed E-state index contributed by atoms with van der Waals surface area (Å²) in [7, 11) is 0. The number of ether oxygens (including phenoxy) is 2. The summed E-state index contributed by atoms with van der Waals surface area (Å²) in [5.74, 6) is 0. The molecule has 0 spiro atoms. The topological polar surface area (TPSA) is 38.7 Å². The van der Waals surface area contributed by atoms with Crippen LogP contribution in [0.15, 0.2) is 28.7 Å². The smallest absolute Gasteiger partial charge is 0.160 e. The van der Waals surface area contributed by atoms with Crippen LogP contribution in [0.1, 0.15) is 12.0 Å². The Bertz CT molecular complexity index is 337. The molecule has 0 aromatic heterocycles. The van der Waals surface area contributed by atoms with Crippen LogP contribution in [-0.2, 0) is 15.9 Å². The molecule has 0 radical (unpaired) electrons. The fourth-order valence-corrected chi connectivity index (χ4v) is 2.21. The molecule has 1 aliphatic rings. The largest absolute Gasteiger partial charge is 0.393 e. The van der Waals surface area contributed by atoms with Gasteiger partial charge in [0.25, 0.3) is 0 Å². The van der Waals surface area contributed by atoms with Crippen LogP contribution in [0.5, 0.6) is 0 Å². The second-order valence-corrected chi connectivity index (χ2v) is 4.71. The highest BCUT2D eigenvalue weighted by molar-refractivity contribution is 9.10. The summed E-state index contributed by atoms with van der Waals surface area (Å²) in [6.45, 7) is 1.26. The average molecular weight is 287 g/mol. The third-order valence-corrected chi connectivity index (χ3v) is 3.34. The summed E-state index contributed by atoms with van der Waals surface area (Å²) in [5, 5.41) is 9.91. The maximum atomic E-state index is 9.91. The Hall–Kier alpha value is -0.420. The van der Waals surface area contributed by atoms with Gasteiger partial charge >= 0.3 is 0 Å². The van der Waals surface area contributed by atoms with E-state index in [2.05, 4.69) is 15.9 Å². The van der Waals surface area contributed by atoms with Crippen molar-refractivity contribution in [1.29, 1.82) is 0 Å². The fraction of sp³-hybridized carbons (Fsp3) is 0.500. The van der Waals surface area contributed by atoms with Gasteiger partial charge in [-0.15, -0.1) is 0 Å². The number of benzene rings is 1. The lowest BCUT2D eigenvalue weighted by molar-refractivity contribution is -0.0698. The molecule has 1 N–H and O–H groups in total. The Kier molecular flexibility index (Phi) is 4.35. The number of hydrogen-bond donors (Lipinski definition) is 1. The van der Waals surface area contributed by atoms with E-state index in [1.807, 2.05) is 24.3 Å². The highest BCUT2D eigenvalue weighted by Crippen LogP contribution is 2.20. The predicted molar refractivity (Wildman–Crippen MR) is 64.2 cm³/mol. The molecule has 16 heavy (non-hydrogen) atoms. The summed E-state index contributed by atoms with van der Waals surface area (Å²) >= 11 is 3.46. The minimum Gasteiger partial charge on any atom is -0.393 e. The summed E-state index contributed by atoms with van der Waals surface area (Å²) in [4.78, 5) is 0. The first kappa shape index (κ1) is 12.0. The van der Waals surface area contributed by atoms with Gasteiger partial charge in [-0.25, -0.2) is 0 Å². The molecule has 4 heteroatoms. The third-order valence-electron chi connectivity index (χ3n) is 2.57. The molecule has 0 saturated carbocycles. The molecule has 1 unspecified atom stereocenters. The van der Waals surface area contributed by atoms with Crippen molar-refractivity contribution in [2.45, 2.75) is 25.2 Å². The van der Waals surface area contributed by atoms with Crippen molar-refractivity contribution in [3.8, 4) is 0 Å². The molecule has 0 amide bonds. The van der Waals surface area contributed by atoms with Gasteiger partial charge in [0, 0.05) is 10.9 Å². The molecule has 1 saturated heterocycles. The van der Waals surface area contributed by atoms with Crippen molar-refractivity contribution in [1.82, 2.24) is 0 Å². The Labute approximate surface area is 104 Å². The monoisotopic (exact) mass is 286 g/mol. The number of aliphatic hydroxyl groups is 1. The van der Waals surface area contributed by atoms with Crippen LogP contribution in [0.2, 0.25) is 0 Å². The normalized spacial score (nSPS) is 18.9. The minimum atomic E-state index is -0.429. The molecule has 0 bridgehead atoms. The fourth-order valence-electron chi connectivity index (χ4n) is 1.77. The Balaban J connectivity index is 1.86. The molecule has 1 heterocycles. The second-order valence-electron chi connectivity index (χ2n) is 3.86. The molecule has 2 rings (SSSR count). The van der Waals surface area contributed by atoms with E-state index in [4.69, 9.17) is 9.47 Å². The highest BCUT2D eigenvalue weighted by atomic mass is 79.9. The third kappa shape index (κ3) is 3.28. The van der Waals surface area contributed by atoms with E-state index in [9.17, 15) is 5.11 Å². The van der Waals surface area contributed by atoms with E-state index < -0.39 is 6.10 Å². The van der Waals surface area contributed by atoms with Crippen LogP contribution in [0.3, 0.4) is 0 Å². The SMILES string of the molecule is OC(Cc1ccccc1Br)CC1OCCO1. The van der Waals surface area contributed by atoms with Gasteiger partial charge in [-0.2, -0.15) is 0 Å². The van der Waals surface area contributed by atoms with Crippen LogP contribution < -0.4 is 0 Å². The molecule has 1 fully saturated rings. The van der Waals surface area contributed by atoms with Gasteiger partial charge in [0.05, 0.1) is 19.3 Å². The van der Waals surface area contributed by atoms with Crippen molar-refractivity contribution < 1.29 is 14.6 Å². The van der Waals surface area contributed by atoms with Crippen molar-refractivity contribution in [3.63, 3.8) is 0 Å². The Morgan fingerprint density at radius 2 is 2.00 bits per heavy atom. The maximum Gasteiger partial charge on any atom is 0.160 e. The molecular weight excluding hydrogens is 272 g/mol. The molecule has 1 aromatic carbocycles. The van der Waals surface area contributed by atoms with Gasteiger partial charge in [0.2, 0.25) is 0 Å². The van der Waals surface area contributed by atoms with Gasteiger partial charge in [0.1, 0.15) is 0 Å². The van der Waals surface area contributed by atoms with E-state index in [0.29, 0.717) is 26.1 Å². The molecule has 3 nitrogen and oxygen atoms in total. The molecule has 88 valence electrons. The summed E-state index contributed by atoms with van der Waals surface area (Å²) in [6, 6.07) is 7.91. The summed E-state index contributed by atoms with van der Waals surface area (Å²) in [5.41, 5.74) is 1.10. The zero-order valence-electron chi connectivity index (χ0n) is 8.93. The lowest BCUT2D eigenvalue weighted by atomic mass is 10.1. The first-order valence-electron chi connectivity index (χ1n) is 5.40. The first-order valence-corrected chi connectivity index (χ1v) is 6.19. The average Bonchev–Trinajstić information content (AvgIpc) is 2.74. The van der Waals surface area contributed by atoms with Crippen molar-refractivity contribution in [2.24, 2.45) is 0 Å². The number of aliphatic hydroxyl groups excluding tert-OH is 1. The molecule has 0 aliphatic carbocycles. The van der Waals surface area contributed by atoms with Gasteiger partial charge in [-0.1, -0.05) is 34.1 Å². The van der Waals surface area contributed by atoms with Crippen molar-refractivity contribution in [3.05, 3.63) is 34.3 Å². The summed E-state index contributed by atoms with van der Waals surface area (Å²) < 4.78 is 11.6. The van der Waals surface area contributed by atoms with E-state index in [1.54, 1.807) is 0 Å². The molecule has 1 atom stereocenters. The molecular formula is C12H15BrO3. The van der Waals surface area contributed by atoms with Gasteiger partial charge < -0.3 is 14.6 Å². The quantitative estimate of drug-likeness (QED) is 0.922. The van der Waals surface area contributed by atoms with E-state index in [0.717, 1.165) is 10.0 Å². The maximum absolute atomic E-state index is 9.91.